The Morgan fingerprint density at radius 3 is 2.79 bits per heavy atom. The molecule has 108 valence electrons. The molecule has 0 bridgehead atoms. The van der Waals surface area contributed by atoms with E-state index < -0.39 is 0 Å². The minimum atomic E-state index is 0.0425. The maximum atomic E-state index is 12.1. The molecule has 0 aliphatic rings. The Hall–Kier alpha value is -1.33. The maximum absolute atomic E-state index is 12.1. The van der Waals surface area contributed by atoms with E-state index in [1.54, 1.807) is 18.2 Å². The van der Waals surface area contributed by atoms with Gasteiger partial charge in [0.15, 0.2) is 0 Å². The number of furan rings is 1. The summed E-state index contributed by atoms with van der Waals surface area (Å²) in [5, 5.41) is 9.01. The van der Waals surface area contributed by atoms with Gasteiger partial charge in [0.1, 0.15) is 5.76 Å². The first kappa shape index (κ1) is 15.7. The number of aliphatic hydroxyl groups is 1. The van der Waals surface area contributed by atoms with Gasteiger partial charge >= 0.3 is 0 Å². The van der Waals surface area contributed by atoms with Crippen molar-refractivity contribution >= 4 is 5.91 Å². The smallest absolute Gasteiger partial charge is 0.236 e. The first-order valence-electron chi connectivity index (χ1n) is 6.77. The van der Waals surface area contributed by atoms with E-state index in [0.29, 0.717) is 19.6 Å². The molecule has 0 saturated carbocycles. The molecule has 5 heteroatoms. The SMILES string of the molecule is CCCCN(CCO)CC(=O)N(C)Cc1ccco1. The number of unbranched alkanes of at least 4 members (excludes halogenated alkanes) is 1. The second-order valence-electron chi connectivity index (χ2n) is 4.68. The molecule has 5 nitrogen and oxygen atoms in total. The summed E-state index contributed by atoms with van der Waals surface area (Å²) in [6, 6.07) is 3.67. The summed E-state index contributed by atoms with van der Waals surface area (Å²) < 4.78 is 5.22. The van der Waals surface area contributed by atoms with E-state index in [0.717, 1.165) is 25.1 Å². The number of amides is 1. The Morgan fingerprint density at radius 2 is 2.21 bits per heavy atom. The fourth-order valence-corrected chi connectivity index (χ4v) is 1.83. The topological polar surface area (TPSA) is 56.9 Å². The molecule has 19 heavy (non-hydrogen) atoms. The highest BCUT2D eigenvalue weighted by Crippen LogP contribution is 2.05. The zero-order valence-corrected chi connectivity index (χ0v) is 11.8. The van der Waals surface area contributed by atoms with Crippen molar-refractivity contribution in [2.24, 2.45) is 0 Å². The fraction of sp³-hybridized carbons (Fsp3) is 0.643. The van der Waals surface area contributed by atoms with E-state index in [2.05, 4.69) is 6.92 Å². The number of rotatable bonds is 9. The van der Waals surface area contributed by atoms with Gasteiger partial charge in [-0.3, -0.25) is 9.69 Å². The molecule has 1 heterocycles. The molecule has 0 spiro atoms. The molecule has 0 saturated heterocycles. The monoisotopic (exact) mass is 268 g/mol. The lowest BCUT2D eigenvalue weighted by Crippen LogP contribution is -2.39. The first-order valence-corrected chi connectivity index (χ1v) is 6.77. The minimum absolute atomic E-state index is 0.0425. The molecule has 0 unspecified atom stereocenters. The molecular weight excluding hydrogens is 244 g/mol. The molecule has 0 fully saturated rings. The Labute approximate surface area is 114 Å². The number of carbonyl (C=O) groups excluding carboxylic acids is 1. The van der Waals surface area contributed by atoms with Crippen LogP contribution < -0.4 is 0 Å². The Kier molecular flexibility index (Phi) is 7.22. The minimum Gasteiger partial charge on any atom is -0.467 e. The highest BCUT2D eigenvalue weighted by molar-refractivity contribution is 5.77. The summed E-state index contributed by atoms with van der Waals surface area (Å²) in [7, 11) is 1.77. The van der Waals surface area contributed by atoms with E-state index in [-0.39, 0.29) is 12.5 Å². The number of hydrogen-bond donors (Lipinski definition) is 1. The van der Waals surface area contributed by atoms with Gasteiger partial charge in [-0.1, -0.05) is 13.3 Å². The van der Waals surface area contributed by atoms with E-state index in [4.69, 9.17) is 9.52 Å². The third kappa shape index (κ3) is 5.89. The molecular formula is C14H24N2O3. The number of aliphatic hydroxyl groups excluding tert-OH is 1. The van der Waals surface area contributed by atoms with Gasteiger partial charge < -0.3 is 14.4 Å². The maximum Gasteiger partial charge on any atom is 0.236 e. The normalized spacial score (nSPS) is 10.9. The van der Waals surface area contributed by atoms with Crippen molar-refractivity contribution in [1.82, 2.24) is 9.80 Å². The number of hydrogen-bond acceptors (Lipinski definition) is 4. The van der Waals surface area contributed by atoms with Crippen LogP contribution in [0.25, 0.3) is 0 Å². The van der Waals surface area contributed by atoms with Gasteiger partial charge in [0.2, 0.25) is 5.91 Å². The van der Waals surface area contributed by atoms with Gasteiger partial charge in [0.25, 0.3) is 0 Å². The standard InChI is InChI=1S/C14H24N2O3/c1-3-4-7-16(8-9-17)12-14(18)15(2)11-13-6-5-10-19-13/h5-6,10,17H,3-4,7-9,11-12H2,1-2H3. The van der Waals surface area contributed by atoms with Crippen molar-refractivity contribution in [3.63, 3.8) is 0 Å². The zero-order chi connectivity index (χ0) is 14.1. The van der Waals surface area contributed by atoms with Crippen LogP contribution in [0.2, 0.25) is 0 Å². The highest BCUT2D eigenvalue weighted by Gasteiger charge is 2.14. The van der Waals surface area contributed by atoms with Gasteiger partial charge in [-0.25, -0.2) is 0 Å². The molecule has 0 aliphatic heterocycles. The quantitative estimate of drug-likeness (QED) is 0.734. The van der Waals surface area contributed by atoms with Crippen LogP contribution in [0.3, 0.4) is 0 Å². The molecule has 1 rings (SSSR count). The van der Waals surface area contributed by atoms with Crippen molar-refractivity contribution in [1.29, 1.82) is 0 Å². The number of likely N-dealkylation sites (N-methyl/N-ethyl adjacent to an activating group) is 1. The summed E-state index contributed by atoms with van der Waals surface area (Å²) in [4.78, 5) is 15.7. The van der Waals surface area contributed by atoms with Crippen LogP contribution in [-0.2, 0) is 11.3 Å². The Morgan fingerprint density at radius 1 is 1.42 bits per heavy atom. The molecule has 1 aromatic heterocycles. The lowest BCUT2D eigenvalue weighted by atomic mass is 10.3. The van der Waals surface area contributed by atoms with Crippen molar-refractivity contribution < 1.29 is 14.3 Å². The van der Waals surface area contributed by atoms with Gasteiger partial charge in [-0.05, 0) is 25.1 Å². The number of carbonyl (C=O) groups is 1. The van der Waals surface area contributed by atoms with Crippen molar-refractivity contribution in [3.8, 4) is 0 Å². The Balaban J connectivity index is 2.41. The summed E-state index contributed by atoms with van der Waals surface area (Å²) in [6.07, 6.45) is 3.72. The molecule has 0 radical (unpaired) electrons. The van der Waals surface area contributed by atoms with Crippen LogP contribution in [0.15, 0.2) is 22.8 Å². The lowest BCUT2D eigenvalue weighted by molar-refractivity contribution is -0.132. The molecule has 1 aromatic rings. The van der Waals surface area contributed by atoms with Gasteiger partial charge in [-0.2, -0.15) is 0 Å². The summed E-state index contributed by atoms with van der Waals surface area (Å²) in [5.41, 5.74) is 0. The lowest BCUT2D eigenvalue weighted by Gasteiger charge is -2.23. The Bertz CT molecular complexity index is 352. The third-order valence-electron chi connectivity index (χ3n) is 3.00. The average Bonchev–Trinajstić information content (AvgIpc) is 2.88. The van der Waals surface area contributed by atoms with Crippen molar-refractivity contribution in [2.75, 3.05) is 33.3 Å². The second kappa shape index (κ2) is 8.72. The van der Waals surface area contributed by atoms with Crippen molar-refractivity contribution in [3.05, 3.63) is 24.2 Å². The molecule has 1 amide bonds. The van der Waals surface area contributed by atoms with Gasteiger partial charge in [0.05, 0.1) is 26.0 Å². The van der Waals surface area contributed by atoms with Crippen LogP contribution in [0.5, 0.6) is 0 Å². The van der Waals surface area contributed by atoms with Crippen LogP contribution >= 0.6 is 0 Å². The predicted molar refractivity (Wildman–Crippen MR) is 73.6 cm³/mol. The van der Waals surface area contributed by atoms with Crippen LogP contribution in [0, 0.1) is 0 Å². The largest absolute Gasteiger partial charge is 0.467 e. The molecule has 0 atom stereocenters. The van der Waals surface area contributed by atoms with Gasteiger partial charge in [-0.15, -0.1) is 0 Å². The van der Waals surface area contributed by atoms with Crippen LogP contribution in [0.1, 0.15) is 25.5 Å². The number of nitrogens with zero attached hydrogens (tertiary/aromatic N) is 2. The summed E-state index contributed by atoms with van der Waals surface area (Å²) in [6.45, 7) is 4.41. The molecule has 1 N–H and O–H groups in total. The third-order valence-corrected chi connectivity index (χ3v) is 3.00. The second-order valence-corrected chi connectivity index (χ2v) is 4.68. The van der Waals surface area contributed by atoms with Gasteiger partial charge in [0, 0.05) is 13.6 Å². The van der Waals surface area contributed by atoms with E-state index >= 15 is 0 Å². The highest BCUT2D eigenvalue weighted by atomic mass is 16.3. The van der Waals surface area contributed by atoms with E-state index in [1.807, 2.05) is 17.0 Å². The predicted octanol–water partition coefficient (Wildman–Crippen LogP) is 1.33. The molecule has 0 aliphatic carbocycles. The van der Waals surface area contributed by atoms with Crippen molar-refractivity contribution in [2.45, 2.75) is 26.3 Å². The van der Waals surface area contributed by atoms with E-state index in [1.165, 1.54) is 0 Å². The molecule has 0 aromatic carbocycles. The van der Waals surface area contributed by atoms with Crippen LogP contribution in [0.4, 0.5) is 0 Å². The summed E-state index contributed by atoms with van der Waals surface area (Å²) >= 11 is 0. The van der Waals surface area contributed by atoms with E-state index in [9.17, 15) is 4.79 Å². The zero-order valence-electron chi connectivity index (χ0n) is 11.8. The summed E-state index contributed by atoms with van der Waals surface area (Å²) in [5.74, 6) is 0.819. The average molecular weight is 268 g/mol. The fourth-order valence-electron chi connectivity index (χ4n) is 1.83. The van der Waals surface area contributed by atoms with Crippen LogP contribution in [-0.4, -0.2) is 54.1 Å². The first-order chi connectivity index (χ1) is 9.17.